The van der Waals surface area contributed by atoms with Gasteiger partial charge in [-0.25, -0.2) is 0 Å². The summed E-state index contributed by atoms with van der Waals surface area (Å²) in [4.78, 5) is 31.5. The molecule has 0 aromatic heterocycles. The SMILES string of the molecule is CCC(C)C.CCCOc1ccc(C)cc1.CNC(=O)CNC(=O)CCC(=O)O. The van der Waals surface area contributed by atoms with Gasteiger partial charge in [-0.15, -0.1) is 0 Å². The Hall–Kier alpha value is -2.57. The first-order chi connectivity index (χ1) is 13.7. The Morgan fingerprint density at radius 1 is 1.03 bits per heavy atom. The van der Waals surface area contributed by atoms with E-state index in [1.807, 2.05) is 12.1 Å². The number of likely N-dealkylation sites (N-methyl/N-ethyl adjacent to an activating group) is 1. The van der Waals surface area contributed by atoms with Gasteiger partial charge in [-0.2, -0.15) is 0 Å². The zero-order valence-electron chi connectivity index (χ0n) is 18.7. The number of rotatable bonds is 9. The number of amides is 2. The van der Waals surface area contributed by atoms with Crippen LogP contribution in [-0.4, -0.2) is 43.1 Å². The van der Waals surface area contributed by atoms with E-state index in [1.165, 1.54) is 19.0 Å². The fraction of sp³-hybridized carbons (Fsp3) is 0.591. The molecule has 0 fully saturated rings. The lowest BCUT2D eigenvalue weighted by molar-refractivity contribution is -0.138. The van der Waals surface area contributed by atoms with E-state index in [4.69, 9.17) is 9.84 Å². The van der Waals surface area contributed by atoms with Crippen molar-refractivity contribution in [2.45, 2.75) is 60.3 Å². The minimum atomic E-state index is -1.03. The van der Waals surface area contributed by atoms with Gasteiger partial charge in [-0.1, -0.05) is 51.8 Å². The van der Waals surface area contributed by atoms with Crippen LogP contribution in [-0.2, 0) is 14.4 Å². The van der Waals surface area contributed by atoms with Crippen molar-refractivity contribution in [2.75, 3.05) is 20.2 Å². The number of hydrogen-bond acceptors (Lipinski definition) is 4. The highest BCUT2D eigenvalue weighted by atomic mass is 16.5. The fourth-order valence-corrected chi connectivity index (χ4v) is 1.43. The summed E-state index contributed by atoms with van der Waals surface area (Å²) in [6.45, 7) is 11.5. The number of carboxylic acids is 1. The quantitative estimate of drug-likeness (QED) is 0.577. The lowest BCUT2D eigenvalue weighted by atomic mass is 10.2. The van der Waals surface area contributed by atoms with Gasteiger partial charge >= 0.3 is 5.97 Å². The van der Waals surface area contributed by atoms with Gasteiger partial charge in [0.15, 0.2) is 0 Å². The molecule has 0 bridgehead atoms. The van der Waals surface area contributed by atoms with E-state index in [0.29, 0.717) is 0 Å². The molecule has 0 saturated heterocycles. The first-order valence-electron chi connectivity index (χ1n) is 10.0. The molecule has 7 heteroatoms. The Bertz CT molecular complexity index is 571. The molecule has 3 N–H and O–H groups in total. The lowest BCUT2D eigenvalue weighted by Crippen LogP contribution is -2.35. The van der Waals surface area contributed by atoms with E-state index in [9.17, 15) is 14.4 Å². The van der Waals surface area contributed by atoms with Gasteiger partial charge in [0, 0.05) is 13.5 Å². The van der Waals surface area contributed by atoms with Crippen LogP contribution in [0.25, 0.3) is 0 Å². The standard InChI is InChI=1S/C10H14O.C7H12N2O4.C5H12/c1-3-8-11-10-6-4-9(2)5-7-10;1-8-6(11)4-9-5(10)2-3-7(12)13;1-4-5(2)3/h4-7H,3,8H2,1-2H3;2-4H2,1H3,(H,8,11)(H,9,10)(H,12,13);5H,4H2,1-3H3. The molecule has 0 spiro atoms. The maximum Gasteiger partial charge on any atom is 0.303 e. The molecule has 7 nitrogen and oxygen atoms in total. The van der Waals surface area contributed by atoms with Crippen molar-refractivity contribution in [3.05, 3.63) is 29.8 Å². The van der Waals surface area contributed by atoms with Gasteiger partial charge in [-0.05, 0) is 31.4 Å². The van der Waals surface area contributed by atoms with Gasteiger partial charge < -0.3 is 20.5 Å². The number of hydrogen-bond donors (Lipinski definition) is 3. The largest absolute Gasteiger partial charge is 0.494 e. The Balaban J connectivity index is 0. The molecule has 0 aliphatic heterocycles. The Morgan fingerprint density at radius 2 is 1.59 bits per heavy atom. The third-order valence-electron chi connectivity index (χ3n) is 3.60. The number of carboxylic acid groups (broad SMARTS) is 1. The highest BCUT2D eigenvalue weighted by Crippen LogP contribution is 2.11. The topological polar surface area (TPSA) is 105 Å². The van der Waals surface area contributed by atoms with Crippen LogP contribution in [0.15, 0.2) is 24.3 Å². The molecule has 0 radical (unpaired) electrons. The zero-order chi connectivity index (χ0) is 22.7. The van der Waals surface area contributed by atoms with Crippen molar-refractivity contribution < 1.29 is 24.2 Å². The second-order valence-corrected chi connectivity index (χ2v) is 6.81. The van der Waals surface area contributed by atoms with Crippen molar-refractivity contribution >= 4 is 17.8 Å². The maximum absolute atomic E-state index is 10.8. The molecule has 0 heterocycles. The van der Waals surface area contributed by atoms with Crippen molar-refractivity contribution in [2.24, 2.45) is 5.92 Å². The molecule has 0 aliphatic carbocycles. The van der Waals surface area contributed by atoms with E-state index >= 15 is 0 Å². The average Bonchev–Trinajstić information content (AvgIpc) is 2.70. The number of ether oxygens (including phenoxy) is 1. The summed E-state index contributed by atoms with van der Waals surface area (Å²) >= 11 is 0. The Labute approximate surface area is 175 Å². The van der Waals surface area contributed by atoms with E-state index in [0.717, 1.165) is 24.7 Å². The average molecular weight is 411 g/mol. The van der Waals surface area contributed by atoms with Crippen LogP contribution >= 0.6 is 0 Å². The minimum absolute atomic E-state index is 0.105. The molecule has 1 aromatic rings. The first-order valence-corrected chi connectivity index (χ1v) is 10.0. The van der Waals surface area contributed by atoms with Crippen molar-refractivity contribution in [1.29, 1.82) is 0 Å². The van der Waals surface area contributed by atoms with Crippen LogP contribution in [0.3, 0.4) is 0 Å². The zero-order valence-corrected chi connectivity index (χ0v) is 18.7. The second-order valence-electron chi connectivity index (χ2n) is 6.81. The van der Waals surface area contributed by atoms with Gasteiger partial charge in [-0.3, -0.25) is 14.4 Å². The van der Waals surface area contributed by atoms with Gasteiger partial charge in [0.05, 0.1) is 19.6 Å². The third-order valence-corrected chi connectivity index (χ3v) is 3.60. The lowest BCUT2D eigenvalue weighted by Gasteiger charge is -2.03. The normalized spacial score (nSPS) is 9.34. The van der Waals surface area contributed by atoms with E-state index in [1.54, 1.807) is 0 Å². The summed E-state index contributed by atoms with van der Waals surface area (Å²) in [6.07, 6.45) is 2.04. The highest BCUT2D eigenvalue weighted by Gasteiger charge is 2.06. The van der Waals surface area contributed by atoms with Gasteiger partial charge in [0.1, 0.15) is 5.75 Å². The highest BCUT2D eigenvalue weighted by molar-refractivity contribution is 5.85. The number of nitrogens with one attached hydrogen (secondary N) is 2. The summed E-state index contributed by atoms with van der Waals surface area (Å²) < 4.78 is 5.41. The van der Waals surface area contributed by atoms with Crippen LogP contribution in [0.5, 0.6) is 5.75 Å². The molecule has 166 valence electrons. The number of carbonyl (C=O) groups is 3. The van der Waals surface area contributed by atoms with Crippen LogP contribution in [0, 0.1) is 12.8 Å². The van der Waals surface area contributed by atoms with Gasteiger partial charge in [0.2, 0.25) is 11.8 Å². The number of benzene rings is 1. The molecule has 0 unspecified atom stereocenters. The van der Waals surface area contributed by atoms with Crippen LogP contribution in [0.1, 0.15) is 58.9 Å². The predicted molar refractivity (Wildman–Crippen MR) is 116 cm³/mol. The molecular formula is C22H38N2O5. The summed E-state index contributed by atoms with van der Waals surface area (Å²) in [5, 5.41) is 12.8. The van der Waals surface area contributed by atoms with E-state index in [-0.39, 0.29) is 25.3 Å². The number of aryl methyl sites for hydroxylation is 1. The van der Waals surface area contributed by atoms with Crippen LogP contribution < -0.4 is 15.4 Å². The smallest absolute Gasteiger partial charge is 0.303 e. The summed E-state index contributed by atoms with van der Waals surface area (Å²) in [7, 11) is 1.45. The summed E-state index contributed by atoms with van der Waals surface area (Å²) in [5.74, 6) is 0.0669. The molecule has 29 heavy (non-hydrogen) atoms. The van der Waals surface area contributed by atoms with E-state index < -0.39 is 11.9 Å². The molecule has 1 rings (SSSR count). The monoisotopic (exact) mass is 410 g/mol. The molecule has 0 aliphatic rings. The predicted octanol–water partition coefficient (Wildman–Crippen LogP) is 3.55. The van der Waals surface area contributed by atoms with Crippen molar-refractivity contribution in [3.63, 3.8) is 0 Å². The molecule has 2 amide bonds. The minimum Gasteiger partial charge on any atom is -0.494 e. The van der Waals surface area contributed by atoms with Gasteiger partial charge in [0.25, 0.3) is 0 Å². The Kier molecular flexibility index (Phi) is 18.5. The molecule has 1 aromatic carbocycles. The number of carbonyl (C=O) groups excluding carboxylic acids is 2. The van der Waals surface area contributed by atoms with Crippen LogP contribution in [0.2, 0.25) is 0 Å². The van der Waals surface area contributed by atoms with Crippen LogP contribution in [0.4, 0.5) is 0 Å². The van der Waals surface area contributed by atoms with E-state index in [2.05, 4.69) is 57.4 Å². The number of aliphatic carboxylic acids is 1. The summed E-state index contributed by atoms with van der Waals surface area (Å²) in [5.41, 5.74) is 1.27. The van der Waals surface area contributed by atoms with Crippen molar-refractivity contribution in [1.82, 2.24) is 10.6 Å². The molecular weight excluding hydrogens is 372 g/mol. The molecule has 0 saturated carbocycles. The molecule has 0 atom stereocenters. The maximum atomic E-state index is 10.8. The Morgan fingerprint density at radius 3 is 2.00 bits per heavy atom. The first kappa shape index (κ1) is 28.6. The summed E-state index contributed by atoms with van der Waals surface area (Å²) in [6, 6.07) is 8.13. The second kappa shape index (κ2) is 18.8. The third kappa shape index (κ3) is 21.6. The fourth-order valence-electron chi connectivity index (χ4n) is 1.43. The van der Waals surface area contributed by atoms with Crippen molar-refractivity contribution in [3.8, 4) is 5.75 Å².